The van der Waals surface area contributed by atoms with E-state index in [0.717, 1.165) is 35.4 Å². The number of urea groups is 1. The number of hydrogen-bond acceptors (Lipinski definition) is 3. The standard InChI is InChI=1S/C20H27N3O3/c1-4-15-9-11-20(12-10-15)18(25)23(19(26)21-20)13-17(24)22(3)16-7-5-14(2)6-8-16/h5-8,15H,4,9-13H2,1-3H3,(H,21,26). The summed E-state index contributed by atoms with van der Waals surface area (Å²) in [6.07, 6.45) is 4.30. The van der Waals surface area contributed by atoms with Crippen molar-refractivity contribution in [3.05, 3.63) is 29.8 Å². The van der Waals surface area contributed by atoms with Crippen molar-refractivity contribution in [2.24, 2.45) is 5.92 Å². The van der Waals surface area contributed by atoms with Crippen LogP contribution in [0.4, 0.5) is 10.5 Å². The van der Waals surface area contributed by atoms with E-state index in [2.05, 4.69) is 12.2 Å². The topological polar surface area (TPSA) is 69.7 Å². The van der Waals surface area contributed by atoms with Gasteiger partial charge < -0.3 is 10.2 Å². The van der Waals surface area contributed by atoms with E-state index in [0.29, 0.717) is 18.8 Å². The second-order valence-corrected chi connectivity index (χ2v) is 7.54. The van der Waals surface area contributed by atoms with Crippen molar-refractivity contribution in [3.63, 3.8) is 0 Å². The Labute approximate surface area is 154 Å². The lowest BCUT2D eigenvalue weighted by atomic mass is 9.75. The lowest BCUT2D eigenvalue weighted by Gasteiger charge is -2.34. The van der Waals surface area contributed by atoms with Gasteiger partial charge in [-0.25, -0.2) is 4.79 Å². The van der Waals surface area contributed by atoms with E-state index in [-0.39, 0.29) is 18.4 Å². The van der Waals surface area contributed by atoms with Crippen molar-refractivity contribution in [2.45, 2.75) is 51.5 Å². The Morgan fingerprint density at radius 1 is 1.23 bits per heavy atom. The fourth-order valence-corrected chi connectivity index (χ4v) is 3.89. The van der Waals surface area contributed by atoms with E-state index < -0.39 is 11.6 Å². The summed E-state index contributed by atoms with van der Waals surface area (Å²) < 4.78 is 0. The summed E-state index contributed by atoms with van der Waals surface area (Å²) in [5, 5.41) is 2.87. The quantitative estimate of drug-likeness (QED) is 0.843. The first kappa shape index (κ1) is 18.4. The average Bonchev–Trinajstić information content (AvgIpc) is 2.86. The maximum atomic E-state index is 12.9. The summed E-state index contributed by atoms with van der Waals surface area (Å²) in [5.41, 5.74) is 1.05. The Balaban J connectivity index is 1.68. The maximum absolute atomic E-state index is 12.9. The molecule has 140 valence electrons. The van der Waals surface area contributed by atoms with Gasteiger partial charge in [0.25, 0.3) is 5.91 Å². The molecular weight excluding hydrogens is 330 g/mol. The summed E-state index contributed by atoms with van der Waals surface area (Å²) in [6.45, 7) is 3.91. The Kier molecular flexibility index (Phi) is 5.03. The Morgan fingerprint density at radius 2 is 1.85 bits per heavy atom. The van der Waals surface area contributed by atoms with Crippen molar-refractivity contribution in [1.29, 1.82) is 0 Å². The zero-order chi connectivity index (χ0) is 18.9. The van der Waals surface area contributed by atoms with Gasteiger partial charge in [0.1, 0.15) is 12.1 Å². The fourth-order valence-electron chi connectivity index (χ4n) is 3.89. The van der Waals surface area contributed by atoms with Crippen LogP contribution in [0.25, 0.3) is 0 Å². The summed E-state index contributed by atoms with van der Waals surface area (Å²) >= 11 is 0. The molecule has 1 saturated carbocycles. The van der Waals surface area contributed by atoms with Gasteiger partial charge in [0.15, 0.2) is 0 Å². The van der Waals surface area contributed by atoms with Crippen LogP contribution in [-0.4, -0.2) is 41.9 Å². The second-order valence-electron chi connectivity index (χ2n) is 7.54. The molecule has 0 aromatic heterocycles. The number of anilines is 1. The van der Waals surface area contributed by atoms with Gasteiger partial charge in [0, 0.05) is 12.7 Å². The highest BCUT2D eigenvalue weighted by Gasteiger charge is 2.52. The molecule has 1 heterocycles. The average molecular weight is 357 g/mol. The van der Waals surface area contributed by atoms with E-state index in [9.17, 15) is 14.4 Å². The van der Waals surface area contributed by atoms with Crippen molar-refractivity contribution in [3.8, 4) is 0 Å². The number of nitrogens with zero attached hydrogens (tertiary/aromatic N) is 2. The first-order valence-corrected chi connectivity index (χ1v) is 9.33. The van der Waals surface area contributed by atoms with Gasteiger partial charge in [-0.2, -0.15) is 0 Å². The molecule has 26 heavy (non-hydrogen) atoms. The van der Waals surface area contributed by atoms with E-state index in [1.165, 1.54) is 4.90 Å². The normalized spacial score (nSPS) is 25.5. The van der Waals surface area contributed by atoms with Gasteiger partial charge in [-0.15, -0.1) is 0 Å². The van der Waals surface area contributed by atoms with E-state index in [4.69, 9.17) is 0 Å². The molecule has 3 rings (SSSR count). The molecule has 6 nitrogen and oxygen atoms in total. The molecule has 1 saturated heterocycles. The third-order valence-corrected chi connectivity index (χ3v) is 5.87. The minimum atomic E-state index is -0.800. The third kappa shape index (κ3) is 3.32. The number of carbonyl (C=O) groups excluding carboxylic acids is 3. The molecule has 2 aliphatic rings. The summed E-state index contributed by atoms with van der Waals surface area (Å²) in [4.78, 5) is 40.4. The largest absolute Gasteiger partial charge is 0.325 e. The number of imide groups is 1. The Hall–Kier alpha value is -2.37. The number of hydrogen-bond donors (Lipinski definition) is 1. The van der Waals surface area contributed by atoms with Gasteiger partial charge in [-0.3, -0.25) is 14.5 Å². The molecule has 1 aromatic carbocycles. The first-order chi connectivity index (χ1) is 12.4. The number of likely N-dealkylation sites (N-methyl/N-ethyl adjacent to an activating group) is 1. The van der Waals surface area contributed by atoms with Crippen LogP contribution in [0.2, 0.25) is 0 Å². The number of aryl methyl sites for hydroxylation is 1. The molecule has 6 heteroatoms. The fraction of sp³-hybridized carbons (Fsp3) is 0.550. The molecular formula is C20H27N3O3. The molecule has 1 aliphatic carbocycles. The zero-order valence-corrected chi connectivity index (χ0v) is 15.7. The van der Waals surface area contributed by atoms with Crippen molar-refractivity contribution in [2.75, 3.05) is 18.5 Å². The minimum Gasteiger partial charge on any atom is -0.323 e. The predicted octanol–water partition coefficient (Wildman–Crippen LogP) is 2.85. The summed E-state index contributed by atoms with van der Waals surface area (Å²) in [7, 11) is 1.66. The molecule has 1 aliphatic heterocycles. The van der Waals surface area contributed by atoms with Crippen LogP contribution < -0.4 is 10.2 Å². The first-order valence-electron chi connectivity index (χ1n) is 9.33. The number of carbonyl (C=O) groups is 3. The van der Waals surface area contributed by atoms with Crippen LogP contribution in [0.5, 0.6) is 0 Å². The lowest BCUT2D eigenvalue weighted by molar-refractivity contribution is -0.135. The Morgan fingerprint density at radius 3 is 2.42 bits per heavy atom. The highest BCUT2D eigenvalue weighted by molar-refractivity contribution is 6.10. The van der Waals surface area contributed by atoms with Gasteiger partial charge >= 0.3 is 6.03 Å². The molecule has 0 unspecified atom stereocenters. The van der Waals surface area contributed by atoms with E-state index in [1.807, 2.05) is 31.2 Å². The van der Waals surface area contributed by atoms with Gasteiger partial charge in [-0.1, -0.05) is 31.0 Å². The predicted molar refractivity (Wildman–Crippen MR) is 99.8 cm³/mol. The van der Waals surface area contributed by atoms with Crippen molar-refractivity contribution >= 4 is 23.5 Å². The second kappa shape index (κ2) is 7.09. The van der Waals surface area contributed by atoms with Gasteiger partial charge in [0.05, 0.1) is 0 Å². The van der Waals surface area contributed by atoms with Crippen LogP contribution in [0, 0.1) is 12.8 Å². The van der Waals surface area contributed by atoms with Crippen LogP contribution >= 0.6 is 0 Å². The lowest BCUT2D eigenvalue weighted by Crippen LogP contribution is -2.50. The molecule has 1 spiro atoms. The Bertz CT molecular complexity index is 706. The molecule has 1 N–H and O–H groups in total. The van der Waals surface area contributed by atoms with E-state index >= 15 is 0 Å². The smallest absolute Gasteiger partial charge is 0.323 e. The maximum Gasteiger partial charge on any atom is 0.325 e. The van der Waals surface area contributed by atoms with Crippen LogP contribution in [0.15, 0.2) is 24.3 Å². The van der Waals surface area contributed by atoms with Crippen LogP contribution in [0.3, 0.4) is 0 Å². The molecule has 0 radical (unpaired) electrons. The van der Waals surface area contributed by atoms with E-state index in [1.54, 1.807) is 7.05 Å². The van der Waals surface area contributed by atoms with Crippen molar-refractivity contribution < 1.29 is 14.4 Å². The summed E-state index contributed by atoms with van der Waals surface area (Å²) in [6, 6.07) is 7.11. The van der Waals surface area contributed by atoms with Gasteiger partial charge in [-0.05, 0) is 50.7 Å². The minimum absolute atomic E-state index is 0.228. The summed E-state index contributed by atoms with van der Waals surface area (Å²) in [5.74, 6) is 0.0908. The number of rotatable bonds is 4. The number of benzene rings is 1. The highest BCUT2D eigenvalue weighted by atomic mass is 16.2. The SMILES string of the molecule is CCC1CCC2(CC1)NC(=O)N(CC(=O)N(C)c1ccc(C)cc1)C2=O. The van der Waals surface area contributed by atoms with Crippen LogP contribution in [0.1, 0.15) is 44.6 Å². The highest BCUT2D eigenvalue weighted by Crippen LogP contribution is 2.37. The molecule has 1 aromatic rings. The molecule has 0 bridgehead atoms. The van der Waals surface area contributed by atoms with Crippen LogP contribution in [-0.2, 0) is 9.59 Å². The number of nitrogens with one attached hydrogen (secondary N) is 1. The van der Waals surface area contributed by atoms with Gasteiger partial charge in [0.2, 0.25) is 5.91 Å². The molecule has 0 atom stereocenters. The molecule has 2 fully saturated rings. The monoisotopic (exact) mass is 357 g/mol. The zero-order valence-electron chi connectivity index (χ0n) is 15.7. The van der Waals surface area contributed by atoms with Crippen molar-refractivity contribution in [1.82, 2.24) is 10.2 Å². The number of amides is 4. The third-order valence-electron chi connectivity index (χ3n) is 5.87. The molecule has 4 amide bonds.